The molecule has 0 spiro atoms. The van der Waals surface area contributed by atoms with Crippen LogP contribution in [0.25, 0.3) is 133 Å². The average molecular weight is 949 g/mol. The molecule has 1 atom stereocenters. The highest BCUT2D eigenvalue weighted by atomic mass is 16.4. The summed E-state index contributed by atoms with van der Waals surface area (Å²) in [6, 6.07) is 82.2. The molecule has 15 rings (SSSR count). The van der Waals surface area contributed by atoms with Gasteiger partial charge in [0.25, 0.3) is 0 Å². The van der Waals surface area contributed by atoms with Crippen LogP contribution in [-0.2, 0) is 0 Å². The van der Waals surface area contributed by atoms with E-state index in [-0.39, 0.29) is 6.04 Å². The Hall–Kier alpha value is -9.78. The average Bonchev–Trinajstić information content (AvgIpc) is 4.27. The lowest BCUT2D eigenvalue weighted by atomic mass is 9.95. The van der Waals surface area contributed by atoms with Crippen LogP contribution in [0.1, 0.15) is 18.0 Å². The summed E-state index contributed by atoms with van der Waals surface area (Å²) >= 11 is 0. The van der Waals surface area contributed by atoms with Crippen LogP contribution >= 0.6 is 0 Å². The first-order chi connectivity index (χ1) is 36.6. The third kappa shape index (κ3) is 7.02. The molecule has 0 amide bonds. The minimum Gasteiger partial charge on any atom is -0.436 e. The van der Waals surface area contributed by atoms with Crippen molar-refractivity contribution < 1.29 is 8.83 Å². The maximum absolute atomic E-state index is 6.05. The first kappa shape index (κ1) is 42.0. The molecule has 348 valence electrons. The summed E-state index contributed by atoms with van der Waals surface area (Å²) in [5, 5.41) is 4.97. The third-order valence-corrected chi connectivity index (χ3v) is 15.0. The highest BCUT2D eigenvalue weighted by Crippen LogP contribution is 2.40. The van der Waals surface area contributed by atoms with E-state index in [2.05, 4.69) is 209 Å². The Kier molecular flexibility index (Phi) is 9.60. The van der Waals surface area contributed by atoms with E-state index in [9.17, 15) is 0 Å². The smallest absolute Gasteiger partial charge is 0.227 e. The molecule has 0 aliphatic heterocycles. The topological polar surface area (TPSA) is 61.9 Å². The Labute approximate surface area is 426 Å². The molecule has 74 heavy (non-hydrogen) atoms. The summed E-state index contributed by atoms with van der Waals surface area (Å²) in [4.78, 5) is 9.40. The molecule has 4 aromatic heterocycles. The molecule has 0 radical (unpaired) electrons. The van der Waals surface area contributed by atoms with E-state index in [0.29, 0.717) is 11.8 Å². The highest BCUT2D eigenvalue weighted by Gasteiger charge is 2.20. The summed E-state index contributed by atoms with van der Waals surface area (Å²) in [6.07, 6.45) is 7.98. The second-order valence-corrected chi connectivity index (χ2v) is 19.3. The Morgan fingerprint density at radius 2 is 0.784 bits per heavy atom. The van der Waals surface area contributed by atoms with Gasteiger partial charge in [-0.1, -0.05) is 152 Å². The fraction of sp³-hybridized carbons (Fsp3) is 0.0294. The van der Waals surface area contributed by atoms with E-state index in [1.54, 1.807) is 0 Å². The van der Waals surface area contributed by atoms with Gasteiger partial charge in [-0.15, -0.1) is 0 Å². The SMILES string of the molecule is C1=CC(n2c3ccccc3c3cc(-c4ccc(-c5nc6ccccc6o5)cc4)ccc32)CC=C1c1ccc(-c2ccc(-n3c4ccccc4c4cc(-c5ccc(-c6nc7ccccc7o6)cc5)ccc43)cc2)cc1. The molecular weight excluding hydrogens is 905 g/mol. The first-order valence-electron chi connectivity index (χ1n) is 25.2. The number of benzene rings is 10. The van der Waals surface area contributed by atoms with Gasteiger partial charge in [0.1, 0.15) is 11.0 Å². The molecule has 0 saturated heterocycles. The zero-order chi connectivity index (χ0) is 48.7. The quantitative estimate of drug-likeness (QED) is 0.152. The number of allylic oxidation sites excluding steroid dienone is 4. The van der Waals surface area contributed by atoms with Crippen molar-refractivity contribution in [2.75, 3.05) is 0 Å². The van der Waals surface area contributed by atoms with Crippen molar-refractivity contribution in [1.29, 1.82) is 0 Å². The molecule has 6 nitrogen and oxygen atoms in total. The van der Waals surface area contributed by atoms with Gasteiger partial charge in [0.2, 0.25) is 11.8 Å². The van der Waals surface area contributed by atoms with Crippen LogP contribution in [-0.4, -0.2) is 19.1 Å². The molecule has 10 aromatic carbocycles. The zero-order valence-corrected chi connectivity index (χ0v) is 40.1. The molecule has 6 heteroatoms. The Morgan fingerprint density at radius 1 is 0.365 bits per heavy atom. The van der Waals surface area contributed by atoms with E-state index < -0.39 is 0 Å². The minimum absolute atomic E-state index is 0.197. The molecule has 0 N–H and O–H groups in total. The van der Waals surface area contributed by atoms with Crippen LogP contribution in [0, 0.1) is 0 Å². The van der Waals surface area contributed by atoms with Crippen LogP contribution in [0.3, 0.4) is 0 Å². The monoisotopic (exact) mass is 948 g/mol. The Balaban J connectivity index is 0.660. The van der Waals surface area contributed by atoms with Crippen molar-refractivity contribution in [3.8, 4) is 62.0 Å². The number of oxazole rings is 2. The number of rotatable bonds is 8. The summed E-state index contributed by atoms with van der Waals surface area (Å²) in [5.74, 6) is 1.27. The largest absolute Gasteiger partial charge is 0.436 e. The summed E-state index contributed by atoms with van der Waals surface area (Å²) < 4.78 is 17.0. The van der Waals surface area contributed by atoms with Gasteiger partial charge in [0.15, 0.2) is 11.2 Å². The molecule has 14 aromatic rings. The van der Waals surface area contributed by atoms with Crippen molar-refractivity contribution in [1.82, 2.24) is 19.1 Å². The lowest BCUT2D eigenvalue weighted by Crippen LogP contribution is -2.08. The number of hydrogen-bond acceptors (Lipinski definition) is 4. The predicted molar refractivity (Wildman–Crippen MR) is 303 cm³/mol. The second kappa shape index (κ2) is 16.9. The molecule has 1 aliphatic carbocycles. The molecule has 1 unspecified atom stereocenters. The first-order valence-corrected chi connectivity index (χ1v) is 25.2. The van der Waals surface area contributed by atoms with Crippen LogP contribution < -0.4 is 0 Å². The number of para-hydroxylation sites is 6. The van der Waals surface area contributed by atoms with Gasteiger partial charge in [-0.2, -0.15) is 0 Å². The number of fused-ring (bicyclic) bond motifs is 8. The number of hydrogen-bond donors (Lipinski definition) is 0. The van der Waals surface area contributed by atoms with Crippen LogP contribution in [0.4, 0.5) is 0 Å². The van der Waals surface area contributed by atoms with Gasteiger partial charge in [0.05, 0.1) is 17.1 Å². The molecular formula is C68H44N4O2. The Morgan fingerprint density at radius 3 is 1.35 bits per heavy atom. The molecule has 0 saturated carbocycles. The van der Waals surface area contributed by atoms with Crippen LogP contribution in [0.5, 0.6) is 0 Å². The van der Waals surface area contributed by atoms with E-state index in [1.807, 2.05) is 48.5 Å². The Bertz CT molecular complexity index is 4480. The summed E-state index contributed by atoms with van der Waals surface area (Å²) in [5.41, 5.74) is 20.7. The van der Waals surface area contributed by atoms with E-state index in [1.165, 1.54) is 71.4 Å². The minimum atomic E-state index is 0.197. The normalized spacial score (nSPS) is 13.8. The maximum Gasteiger partial charge on any atom is 0.227 e. The number of aromatic nitrogens is 4. The standard InChI is InChI=1S/C68H44N4O2/c1-5-13-61-55(9-1)57-41-51(47-21-25-49(26-22-47)67-69-59-11-3-7-15-65(59)73-67)33-39-63(57)71(61)53-35-29-45(30-36-53)43-17-19-44(20-18-43)46-31-37-54(38-32-46)72-62-14-6-2-10-56(62)58-42-52(34-40-64(58)72)48-23-27-50(28-24-48)68-70-60-12-4-8-16-66(60)74-68/h1-37,39-42,54H,38H2. The van der Waals surface area contributed by atoms with E-state index in [4.69, 9.17) is 18.8 Å². The highest BCUT2D eigenvalue weighted by molar-refractivity contribution is 6.11. The fourth-order valence-electron chi connectivity index (χ4n) is 11.2. The van der Waals surface area contributed by atoms with Crippen molar-refractivity contribution >= 4 is 71.4 Å². The van der Waals surface area contributed by atoms with Crippen molar-refractivity contribution in [3.05, 3.63) is 254 Å². The zero-order valence-electron chi connectivity index (χ0n) is 40.1. The third-order valence-electron chi connectivity index (χ3n) is 15.0. The van der Waals surface area contributed by atoms with Crippen molar-refractivity contribution in [2.24, 2.45) is 0 Å². The number of nitrogens with zero attached hydrogens (tertiary/aromatic N) is 4. The molecule has 0 fully saturated rings. The summed E-state index contributed by atoms with van der Waals surface area (Å²) in [7, 11) is 0. The van der Waals surface area contributed by atoms with Crippen LogP contribution in [0.15, 0.2) is 258 Å². The van der Waals surface area contributed by atoms with Gasteiger partial charge in [0, 0.05) is 49.4 Å². The molecule has 4 heterocycles. The lowest BCUT2D eigenvalue weighted by Gasteiger charge is -2.21. The van der Waals surface area contributed by atoms with E-state index in [0.717, 1.165) is 62.1 Å². The van der Waals surface area contributed by atoms with Gasteiger partial charge in [-0.3, -0.25) is 0 Å². The second-order valence-electron chi connectivity index (χ2n) is 19.3. The van der Waals surface area contributed by atoms with Crippen LogP contribution in [0.2, 0.25) is 0 Å². The lowest BCUT2D eigenvalue weighted by molar-refractivity contribution is 0.619. The van der Waals surface area contributed by atoms with Crippen molar-refractivity contribution in [2.45, 2.75) is 12.5 Å². The maximum atomic E-state index is 6.05. The van der Waals surface area contributed by atoms with Gasteiger partial charge < -0.3 is 18.0 Å². The fourth-order valence-corrected chi connectivity index (χ4v) is 11.2. The van der Waals surface area contributed by atoms with Gasteiger partial charge in [-0.25, -0.2) is 9.97 Å². The van der Waals surface area contributed by atoms with Crippen molar-refractivity contribution in [3.63, 3.8) is 0 Å². The molecule has 0 bridgehead atoms. The summed E-state index contributed by atoms with van der Waals surface area (Å²) in [6.45, 7) is 0. The van der Waals surface area contributed by atoms with E-state index >= 15 is 0 Å². The van der Waals surface area contributed by atoms with Gasteiger partial charge >= 0.3 is 0 Å². The predicted octanol–water partition coefficient (Wildman–Crippen LogP) is 18.1. The molecule has 1 aliphatic rings. The van der Waals surface area contributed by atoms with Gasteiger partial charge in [-0.05, 0) is 148 Å².